The van der Waals surface area contributed by atoms with Gasteiger partial charge in [-0.3, -0.25) is 0 Å². The molecule has 2 aromatic rings. The summed E-state index contributed by atoms with van der Waals surface area (Å²) in [5.74, 6) is 1.23. The maximum atomic E-state index is 6.43. The molecule has 2 N–H and O–H groups in total. The van der Waals surface area contributed by atoms with Crippen molar-refractivity contribution >= 4 is 0 Å². The molecule has 20 heavy (non-hydrogen) atoms. The zero-order valence-corrected chi connectivity index (χ0v) is 11.9. The second kappa shape index (κ2) is 5.37. The molecule has 0 atom stereocenters. The van der Waals surface area contributed by atoms with E-state index in [4.69, 9.17) is 10.3 Å². The van der Waals surface area contributed by atoms with E-state index in [1.165, 1.54) is 12.0 Å². The van der Waals surface area contributed by atoms with Crippen LogP contribution in [0.5, 0.6) is 0 Å². The SMILES string of the molecule is CCc1ccc(-c2nc(C3(N)CCCCC3)no2)cc1. The lowest BCUT2D eigenvalue weighted by atomic mass is 9.82. The van der Waals surface area contributed by atoms with Crippen molar-refractivity contribution < 1.29 is 4.52 Å². The van der Waals surface area contributed by atoms with Gasteiger partial charge in [-0.15, -0.1) is 0 Å². The highest BCUT2D eigenvalue weighted by atomic mass is 16.5. The van der Waals surface area contributed by atoms with Crippen LogP contribution in [-0.4, -0.2) is 10.1 Å². The van der Waals surface area contributed by atoms with E-state index in [1.807, 2.05) is 12.1 Å². The molecule has 0 unspecified atom stereocenters. The van der Waals surface area contributed by atoms with Crippen LogP contribution in [0.3, 0.4) is 0 Å². The Bertz CT molecular complexity index is 568. The summed E-state index contributed by atoms with van der Waals surface area (Å²) in [4.78, 5) is 4.53. The molecule has 106 valence electrons. The van der Waals surface area contributed by atoms with E-state index in [0.717, 1.165) is 37.7 Å². The monoisotopic (exact) mass is 271 g/mol. The quantitative estimate of drug-likeness (QED) is 0.929. The van der Waals surface area contributed by atoms with Crippen molar-refractivity contribution in [1.29, 1.82) is 0 Å². The summed E-state index contributed by atoms with van der Waals surface area (Å²) in [6, 6.07) is 8.25. The molecule has 0 radical (unpaired) electrons. The van der Waals surface area contributed by atoms with Gasteiger partial charge >= 0.3 is 0 Å². The fraction of sp³-hybridized carbons (Fsp3) is 0.500. The largest absolute Gasteiger partial charge is 0.334 e. The Morgan fingerprint density at radius 2 is 1.85 bits per heavy atom. The second-order valence-electron chi connectivity index (χ2n) is 5.69. The van der Waals surface area contributed by atoms with Gasteiger partial charge < -0.3 is 10.3 Å². The van der Waals surface area contributed by atoms with E-state index >= 15 is 0 Å². The summed E-state index contributed by atoms with van der Waals surface area (Å²) in [6.07, 6.45) is 6.46. The van der Waals surface area contributed by atoms with Gasteiger partial charge in [0.2, 0.25) is 0 Å². The summed E-state index contributed by atoms with van der Waals surface area (Å²) in [5, 5.41) is 4.12. The number of benzene rings is 1. The molecule has 0 aliphatic heterocycles. The lowest BCUT2D eigenvalue weighted by Crippen LogP contribution is -2.39. The number of aromatic nitrogens is 2. The molecule has 1 saturated carbocycles. The molecule has 3 rings (SSSR count). The topological polar surface area (TPSA) is 64.9 Å². The maximum absolute atomic E-state index is 6.43. The smallest absolute Gasteiger partial charge is 0.257 e. The molecule has 0 saturated heterocycles. The van der Waals surface area contributed by atoms with Gasteiger partial charge in [-0.1, -0.05) is 43.5 Å². The molecule has 1 heterocycles. The number of nitrogens with two attached hydrogens (primary N) is 1. The van der Waals surface area contributed by atoms with Crippen molar-refractivity contribution in [1.82, 2.24) is 10.1 Å². The molecule has 0 spiro atoms. The first-order valence-corrected chi connectivity index (χ1v) is 7.44. The number of aryl methyl sites for hydroxylation is 1. The minimum Gasteiger partial charge on any atom is -0.334 e. The van der Waals surface area contributed by atoms with Gasteiger partial charge in [-0.25, -0.2) is 0 Å². The van der Waals surface area contributed by atoms with Gasteiger partial charge in [0.15, 0.2) is 5.82 Å². The van der Waals surface area contributed by atoms with Crippen LogP contribution in [-0.2, 0) is 12.0 Å². The summed E-state index contributed by atoms with van der Waals surface area (Å²) in [6.45, 7) is 2.14. The molecule has 1 aliphatic rings. The van der Waals surface area contributed by atoms with Crippen LogP contribution in [0, 0.1) is 0 Å². The molecule has 0 amide bonds. The molecule has 1 aliphatic carbocycles. The Morgan fingerprint density at radius 3 is 2.50 bits per heavy atom. The first kappa shape index (κ1) is 13.3. The normalized spacial score (nSPS) is 18.1. The average Bonchev–Trinajstić information content (AvgIpc) is 2.99. The van der Waals surface area contributed by atoms with Gasteiger partial charge in [0.25, 0.3) is 5.89 Å². The fourth-order valence-electron chi connectivity index (χ4n) is 2.83. The number of hydrogen-bond acceptors (Lipinski definition) is 4. The van der Waals surface area contributed by atoms with Gasteiger partial charge in [-0.2, -0.15) is 4.98 Å². The molecule has 1 aromatic heterocycles. The molecular formula is C16H21N3O. The summed E-state index contributed by atoms with van der Waals surface area (Å²) in [7, 11) is 0. The molecule has 4 heteroatoms. The van der Waals surface area contributed by atoms with E-state index in [9.17, 15) is 0 Å². The third-order valence-electron chi connectivity index (χ3n) is 4.23. The Morgan fingerprint density at radius 1 is 1.15 bits per heavy atom. The van der Waals surface area contributed by atoms with E-state index < -0.39 is 5.54 Å². The predicted molar refractivity (Wildman–Crippen MR) is 78.1 cm³/mol. The third kappa shape index (κ3) is 2.48. The molecule has 1 fully saturated rings. The van der Waals surface area contributed by atoms with Crippen LogP contribution in [0.4, 0.5) is 0 Å². The number of rotatable bonds is 3. The number of nitrogens with zero attached hydrogens (tertiary/aromatic N) is 2. The molecular weight excluding hydrogens is 250 g/mol. The first-order chi connectivity index (χ1) is 9.71. The van der Waals surface area contributed by atoms with Crippen molar-refractivity contribution in [3.63, 3.8) is 0 Å². The summed E-state index contributed by atoms with van der Waals surface area (Å²) >= 11 is 0. The lowest BCUT2D eigenvalue weighted by molar-refractivity contribution is 0.275. The van der Waals surface area contributed by atoms with Crippen molar-refractivity contribution in [2.24, 2.45) is 5.73 Å². The van der Waals surface area contributed by atoms with Crippen molar-refractivity contribution in [2.45, 2.75) is 51.0 Å². The van der Waals surface area contributed by atoms with Gasteiger partial charge in [0.1, 0.15) is 0 Å². The Labute approximate surface area is 119 Å². The average molecular weight is 271 g/mol. The highest BCUT2D eigenvalue weighted by molar-refractivity contribution is 5.53. The maximum Gasteiger partial charge on any atom is 0.257 e. The van der Waals surface area contributed by atoms with Crippen LogP contribution in [0.1, 0.15) is 50.4 Å². The van der Waals surface area contributed by atoms with Gasteiger partial charge in [0, 0.05) is 5.56 Å². The number of hydrogen-bond donors (Lipinski definition) is 1. The minimum atomic E-state index is -0.399. The van der Waals surface area contributed by atoms with E-state index in [2.05, 4.69) is 29.2 Å². The minimum absolute atomic E-state index is 0.399. The van der Waals surface area contributed by atoms with Crippen LogP contribution in [0.15, 0.2) is 28.8 Å². The zero-order chi connectivity index (χ0) is 14.0. The molecule has 0 bridgehead atoms. The zero-order valence-electron chi connectivity index (χ0n) is 11.9. The summed E-state index contributed by atoms with van der Waals surface area (Å²) in [5.41, 5.74) is 8.29. The Kier molecular flexibility index (Phi) is 3.57. The van der Waals surface area contributed by atoms with Crippen LogP contribution < -0.4 is 5.73 Å². The molecule has 1 aromatic carbocycles. The third-order valence-corrected chi connectivity index (χ3v) is 4.23. The standard InChI is InChI=1S/C16H21N3O/c1-2-12-6-8-13(9-7-12)14-18-15(19-20-14)16(17)10-4-3-5-11-16/h6-9H,2-5,10-11,17H2,1H3. The fourth-order valence-corrected chi connectivity index (χ4v) is 2.83. The Hall–Kier alpha value is -1.68. The van der Waals surface area contributed by atoms with Gasteiger partial charge in [0.05, 0.1) is 5.54 Å². The van der Waals surface area contributed by atoms with E-state index in [0.29, 0.717) is 11.7 Å². The summed E-state index contributed by atoms with van der Waals surface area (Å²) < 4.78 is 5.40. The first-order valence-electron chi connectivity index (χ1n) is 7.44. The van der Waals surface area contributed by atoms with E-state index in [-0.39, 0.29) is 0 Å². The van der Waals surface area contributed by atoms with Gasteiger partial charge in [-0.05, 0) is 37.0 Å². The van der Waals surface area contributed by atoms with Crippen molar-refractivity contribution in [2.75, 3.05) is 0 Å². The highest BCUT2D eigenvalue weighted by Gasteiger charge is 2.34. The van der Waals surface area contributed by atoms with Crippen LogP contribution in [0.2, 0.25) is 0 Å². The van der Waals surface area contributed by atoms with Crippen LogP contribution >= 0.6 is 0 Å². The molecule has 4 nitrogen and oxygen atoms in total. The van der Waals surface area contributed by atoms with Crippen molar-refractivity contribution in [3.05, 3.63) is 35.7 Å². The van der Waals surface area contributed by atoms with Crippen LogP contribution in [0.25, 0.3) is 11.5 Å². The van der Waals surface area contributed by atoms with E-state index in [1.54, 1.807) is 0 Å². The Balaban J connectivity index is 1.85. The van der Waals surface area contributed by atoms with Crippen molar-refractivity contribution in [3.8, 4) is 11.5 Å². The lowest BCUT2D eigenvalue weighted by Gasteiger charge is -2.29. The second-order valence-corrected chi connectivity index (χ2v) is 5.69. The predicted octanol–water partition coefficient (Wildman–Crippen LogP) is 3.42. The highest BCUT2D eigenvalue weighted by Crippen LogP contribution is 2.34.